The molecule has 1 aliphatic carbocycles. The monoisotopic (exact) mass is 322 g/mol. The lowest BCUT2D eigenvalue weighted by Crippen LogP contribution is -2.41. The average molecular weight is 322 g/mol. The molecule has 0 aromatic carbocycles. The number of hydrogen-bond donors (Lipinski definition) is 0. The Labute approximate surface area is 141 Å². The average Bonchev–Trinajstić information content (AvgIpc) is 2.97. The number of likely N-dealkylation sites (tertiary alicyclic amines) is 1. The maximum absolute atomic E-state index is 12.9. The minimum Gasteiger partial charge on any atom is -0.342 e. The third-order valence-electron chi connectivity index (χ3n) is 5.40. The predicted molar refractivity (Wildman–Crippen MR) is 93.1 cm³/mol. The van der Waals surface area contributed by atoms with Crippen molar-refractivity contribution in [1.82, 2.24) is 9.80 Å². The summed E-state index contributed by atoms with van der Waals surface area (Å²) in [6.07, 6.45) is 10.8. The normalized spacial score (nSPS) is 22.6. The summed E-state index contributed by atoms with van der Waals surface area (Å²) in [4.78, 5) is 29.3. The molecular weight excluding hydrogens is 288 g/mol. The minimum absolute atomic E-state index is 0.0989. The lowest BCUT2D eigenvalue weighted by atomic mass is 9.94. The molecule has 0 radical (unpaired) electrons. The summed E-state index contributed by atoms with van der Waals surface area (Å²) in [5.41, 5.74) is 0. The maximum Gasteiger partial charge on any atom is 0.227 e. The van der Waals surface area contributed by atoms with Crippen LogP contribution in [0.15, 0.2) is 0 Å². The second-order valence-electron chi connectivity index (χ2n) is 7.27. The van der Waals surface area contributed by atoms with Crippen LogP contribution in [0.1, 0.15) is 78.1 Å². The van der Waals surface area contributed by atoms with Crippen LogP contribution in [0.25, 0.3) is 0 Å². The molecule has 1 unspecified atom stereocenters. The summed E-state index contributed by atoms with van der Waals surface area (Å²) in [6, 6.07) is 0.397. The Bertz CT molecular complexity index is 383. The Hall–Kier alpha value is -1.06. The van der Waals surface area contributed by atoms with E-state index in [1.807, 2.05) is 9.80 Å². The molecular formula is C19H34N2O2. The quantitative estimate of drug-likeness (QED) is 0.685. The Balaban J connectivity index is 1.93. The van der Waals surface area contributed by atoms with E-state index in [1.165, 1.54) is 19.3 Å². The summed E-state index contributed by atoms with van der Waals surface area (Å²) in [7, 11) is 0. The SMILES string of the molecule is CCCCN(CCCC)C(=O)C1CC(=O)N(C2CCCCC2)C1. The zero-order chi connectivity index (χ0) is 16.7. The van der Waals surface area contributed by atoms with E-state index in [0.29, 0.717) is 19.0 Å². The molecule has 0 bridgehead atoms. The summed E-state index contributed by atoms with van der Waals surface area (Å²) < 4.78 is 0. The van der Waals surface area contributed by atoms with Gasteiger partial charge in [-0.15, -0.1) is 0 Å². The van der Waals surface area contributed by atoms with Gasteiger partial charge in [-0.25, -0.2) is 0 Å². The van der Waals surface area contributed by atoms with Gasteiger partial charge in [-0.1, -0.05) is 46.0 Å². The Kier molecular flexibility index (Phi) is 7.38. The van der Waals surface area contributed by atoms with Crippen LogP contribution < -0.4 is 0 Å². The number of carbonyl (C=O) groups excluding carboxylic acids is 2. The van der Waals surface area contributed by atoms with Gasteiger partial charge in [0.1, 0.15) is 0 Å². The second-order valence-corrected chi connectivity index (χ2v) is 7.27. The predicted octanol–water partition coefficient (Wildman–Crippen LogP) is 3.60. The molecule has 4 heteroatoms. The van der Waals surface area contributed by atoms with E-state index in [1.54, 1.807) is 0 Å². The van der Waals surface area contributed by atoms with Gasteiger partial charge in [0.05, 0.1) is 5.92 Å². The van der Waals surface area contributed by atoms with Gasteiger partial charge in [0.15, 0.2) is 0 Å². The highest BCUT2D eigenvalue weighted by Gasteiger charge is 2.39. The lowest BCUT2D eigenvalue weighted by molar-refractivity contribution is -0.136. The van der Waals surface area contributed by atoms with Crippen molar-refractivity contribution in [1.29, 1.82) is 0 Å². The molecule has 1 saturated carbocycles. The van der Waals surface area contributed by atoms with Gasteiger partial charge in [0, 0.05) is 32.1 Å². The topological polar surface area (TPSA) is 40.6 Å². The number of nitrogens with zero attached hydrogens (tertiary/aromatic N) is 2. The molecule has 23 heavy (non-hydrogen) atoms. The Morgan fingerprint density at radius 3 is 2.26 bits per heavy atom. The molecule has 0 aromatic rings. The summed E-state index contributed by atoms with van der Waals surface area (Å²) in [5.74, 6) is 0.331. The molecule has 1 heterocycles. The highest BCUT2D eigenvalue weighted by Crippen LogP contribution is 2.29. The fourth-order valence-corrected chi connectivity index (χ4v) is 3.93. The Morgan fingerprint density at radius 2 is 1.70 bits per heavy atom. The molecule has 132 valence electrons. The van der Waals surface area contributed by atoms with Crippen molar-refractivity contribution in [3.63, 3.8) is 0 Å². The number of rotatable bonds is 8. The van der Waals surface area contributed by atoms with Crippen LogP contribution in [0.2, 0.25) is 0 Å². The van der Waals surface area contributed by atoms with E-state index in [9.17, 15) is 9.59 Å². The van der Waals surface area contributed by atoms with Crippen molar-refractivity contribution in [2.75, 3.05) is 19.6 Å². The molecule has 2 rings (SSSR count). The van der Waals surface area contributed by atoms with Gasteiger partial charge in [-0.05, 0) is 25.7 Å². The highest BCUT2D eigenvalue weighted by atomic mass is 16.2. The van der Waals surface area contributed by atoms with Crippen molar-refractivity contribution in [3.05, 3.63) is 0 Å². The van der Waals surface area contributed by atoms with E-state index in [2.05, 4.69) is 13.8 Å². The molecule has 0 aromatic heterocycles. The maximum atomic E-state index is 12.9. The van der Waals surface area contributed by atoms with E-state index >= 15 is 0 Å². The van der Waals surface area contributed by atoms with Crippen LogP contribution >= 0.6 is 0 Å². The lowest BCUT2D eigenvalue weighted by Gasteiger charge is -2.31. The summed E-state index contributed by atoms with van der Waals surface area (Å²) in [5, 5.41) is 0. The van der Waals surface area contributed by atoms with Crippen LogP contribution in [0.5, 0.6) is 0 Å². The van der Waals surface area contributed by atoms with Crippen molar-refractivity contribution in [2.45, 2.75) is 84.1 Å². The van der Waals surface area contributed by atoms with E-state index in [0.717, 1.165) is 51.6 Å². The molecule has 1 saturated heterocycles. The standard InChI is InChI=1S/C19H34N2O2/c1-3-5-12-20(13-6-4-2)19(23)16-14-18(22)21(15-16)17-10-8-7-9-11-17/h16-17H,3-15H2,1-2H3. The van der Waals surface area contributed by atoms with Crippen LogP contribution in [0, 0.1) is 5.92 Å². The molecule has 0 N–H and O–H groups in total. The molecule has 2 aliphatic rings. The van der Waals surface area contributed by atoms with Crippen LogP contribution in [0.4, 0.5) is 0 Å². The summed E-state index contributed by atoms with van der Waals surface area (Å²) in [6.45, 7) is 6.68. The van der Waals surface area contributed by atoms with Gasteiger partial charge in [0.25, 0.3) is 0 Å². The Morgan fingerprint density at radius 1 is 1.09 bits per heavy atom. The zero-order valence-electron chi connectivity index (χ0n) is 15.1. The van der Waals surface area contributed by atoms with E-state index in [4.69, 9.17) is 0 Å². The van der Waals surface area contributed by atoms with Gasteiger partial charge >= 0.3 is 0 Å². The fourth-order valence-electron chi connectivity index (χ4n) is 3.93. The van der Waals surface area contributed by atoms with E-state index < -0.39 is 0 Å². The van der Waals surface area contributed by atoms with Crippen LogP contribution in [0.3, 0.4) is 0 Å². The number of unbranched alkanes of at least 4 members (excludes halogenated alkanes) is 2. The smallest absolute Gasteiger partial charge is 0.227 e. The minimum atomic E-state index is -0.0989. The second kappa shape index (κ2) is 9.29. The molecule has 1 aliphatic heterocycles. The number of amides is 2. The highest BCUT2D eigenvalue weighted by molar-refractivity contribution is 5.89. The van der Waals surface area contributed by atoms with Gasteiger partial charge in [-0.2, -0.15) is 0 Å². The number of carbonyl (C=O) groups is 2. The van der Waals surface area contributed by atoms with E-state index in [-0.39, 0.29) is 17.7 Å². The molecule has 1 atom stereocenters. The van der Waals surface area contributed by atoms with Crippen LogP contribution in [-0.2, 0) is 9.59 Å². The largest absolute Gasteiger partial charge is 0.342 e. The van der Waals surface area contributed by atoms with Gasteiger partial charge in [-0.3, -0.25) is 9.59 Å². The first-order chi connectivity index (χ1) is 11.2. The molecule has 4 nitrogen and oxygen atoms in total. The van der Waals surface area contributed by atoms with Gasteiger partial charge < -0.3 is 9.80 Å². The zero-order valence-corrected chi connectivity index (χ0v) is 15.1. The van der Waals surface area contributed by atoms with Gasteiger partial charge in [0.2, 0.25) is 11.8 Å². The molecule has 2 amide bonds. The van der Waals surface area contributed by atoms with Crippen molar-refractivity contribution in [3.8, 4) is 0 Å². The van der Waals surface area contributed by atoms with Crippen molar-refractivity contribution < 1.29 is 9.59 Å². The third kappa shape index (κ3) is 4.95. The first kappa shape index (κ1) is 18.3. The fraction of sp³-hybridized carbons (Fsp3) is 0.895. The molecule has 2 fully saturated rings. The third-order valence-corrected chi connectivity index (χ3v) is 5.40. The molecule has 0 spiro atoms. The first-order valence-electron chi connectivity index (χ1n) is 9.75. The number of hydrogen-bond acceptors (Lipinski definition) is 2. The van der Waals surface area contributed by atoms with Crippen molar-refractivity contribution in [2.24, 2.45) is 5.92 Å². The first-order valence-corrected chi connectivity index (χ1v) is 9.75. The summed E-state index contributed by atoms with van der Waals surface area (Å²) >= 11 is 0. The van der Waals surface area contributed by atoms with Crippen molar-refractivity contribution >= 4 is 11.8 Å². The van der Waals surface area contributed by atoms with Crippen LogP contribution in [-0.4, -0.2) is 47.3 Å².